The van der Waals surface area contributed by atoms with Crippen molar-refractivity contribution in [2.24, 2.45) is 30.0 Å². The third-order valence-electron chi connectivity index (χ3n) is 9.76. The molecule has 5 aliphatic rings. The van der Waals surface area contributed by atoms with Crippen molar-refractivity contribution < 1.29 is 0 Å². The van der Waals surface area contributed by atoms with Crippen LogP contribution in [0.15, 0.2) is 191 Å². The standard InChI is InChI=1S/C42H25BN8S/c1-4-14-26(15-5-1)37-44-40-45-38(27-16-6-2-7-17-27)47-42-49-39(48-41(46-37)51(40)42)28-24-33-36-35(25-28)52-34-23-13-11-21-31(34)43(36)30-20-10-12-22-32(30)50(33)29-18-8-3-9-19-29/h1-25H. The van der Waals surface area contributed by atoms with Crippen molar-refractivity contribution >= 4 is 87.3 Å². The lowest BCUT2D eigenvalue weighted by atomic mass is 9.35. The lowest BCUT2D eigenvalue weighted by Gasteiger charge is -2.40. The fourth-order valence-electron chi connectivity index (χ4n) is 7.48. The summed E-state index contributed by atoms with van der Waals surface area (Å²) in [6.07, 6.45) is 0. The molecule has 0 spiro atoms. The predicted octanol–water partition coefficient (Wildman–Crippen LogP) is 6.50. The van der Waals surface area contributed by atoms with Crippen LogP contribution in [-0.4, -0.2) is 47.0 Å². The number of benzene rings is 6. The van der Waals surface area contributed by atoms with E-state index in [0.29, 0.717) is 35.4 Å². The number of nitrogens with zero attached hydrogens (tertiary/aromatic N) is 8. The fourth-order valence-corrected chi connectivity index (χ4v) is 8.68. The van der Waals surface area contributed by atoms with Gasteiger partial charge in [0.25, 0.3) is 0 Å². The van der Waals surface area contributed by atoms with Gasteiger partial charge < -0.3 is 4.90 Å². The molecule has 0 bridgehead atoms. The molecule has 0 saturated heterocycles. The number of anilines is 3. The zero-order chi connectivity index (χ0) is 34.2. The van der Waals surface area contributed by atoms with Gasteiger partial charge in [-0.1, -0.05) is 132 Å². The van der Waals surface area contributed by atoms with E-state index in [9.17, 15) is 0 Å². The van der Waals surface area contributed by atoms with Crippen LogP contribution in [0.5, 0.6) is 0 Å². The van der Waals surface area contributed by atoms with Gasteiger partial charge in [-0.2, -0.15) is 30.0 Å². The lowest BCUT2D eigenvalue weighted by Crippen LogP contribution is -2.59. The van der Waals surface area contributed by atoms with Crippen molar-refractivity contribution in [3.63, 3.8) is 0 Å². The molecule has 11 rings (SSSR count). The zero-order valence-corrected chi connectivity index (χ0v) is 28.3. The van der Waals surface area contributed by atoms with Crippen molar-refractivity contribution in [3.8, 4) is 0 Å². The number of guanidine groups is 3. The Morgan fingerprint density at radius 1 is 0.404 bits per heavy atom. The van der Waals surface area contributed by atoms with Gasteiger partial charge in [-0.15, -0.1) is 0 Å². The van der Waals surface area contributed by atoms with Crippen molar-refractivity contribution in [1.29, 1.82) is 0 Å². The Balaban J connectivity index is 1.14. The number of hydrogen-bond donors (Lipinski definition) is 0. The first-order chi connectivity index (χ1) is 25.8. The Morgan fingerprint density at radius 2 is 0.923 bits per heavy atom. The van der Waals surface area contributed by atoms with Gasteiger partial charge in [-0.3, -0.25) is 0 Å². The number of para-hydroxylation sites is 2. The second-order valence-electron chi connectivity index (χ2n) is 12.8. The van der Waals surface area contributed by atoms with Crippen LogP contribution in [0.25, 0.3) is 0 Å². The largest absolute Gasteiger partial charge is 0.311 e. The number of amidine groups is 3. The van der Waals surface area contributed by atoms with Gasteiger partial charge >= 0.3 is 0 Å². The molecular formula is C42H25BN8S. The Hall–Kier alpha value is -6.65. The molecule has 0 aliphatic carbocycles. The van der Waals surface area contributed by atoms with E-state index >= 15 is 0 Å². The SMILES string of the molecule is c1ccc(C2=NC3=NC(c4ccccc4)=NC4=NC(c5cc6c7c(c5)N(c5ccccc5)c5ccccc5B7c5ccccc5S6)=NC(=N2)N34)cc1. The minimum atomic E-state index is 0.0882. The molecule has 5 aliphatic heterocycles. The Bertz CT molecular complexity index is 2630. The van der Waals surface area contributed by atoms with Crippen LogP contribution in [0, 0.1) is 0 Å². The molecule has 6 aromatic carbocycles. The fraction of sp³-hybridized carbons (Fsp3) is 0. The molecule has 0 aromatic heterocycles. The van der Waals surface area contributed by atoms with Crippen LogP contribution in [0.4, 0.5) is 17.1 Å². The molecule has 242 valence electrons. The number of aliphatic imine (C=N–C) groups is 6. The van der Waals surface area contributed by atoms with Gasteiger partial charge in [0.1, 0.15) is 0 Å². The first-order valence-electron chi connectivity index (χ1n) is 17.1. The Kier molecular flexibility index (Phi) is 6.41. The highest BCUT2D eigenvalue weighted by Crippen LogP contribution is 2.42. The summed E-state index contributed by atoms with van der Waals surface area (Å²) < 4.78 is 0. The molecular weight excluding hydrogens is 659 g/mol. The van der Waals surface area contributed by atoms with E-state index in [1.807, 2.05) is 60.7 Å². The van der Waals surface area contributed by atoms with Crippen molar-refractivity contribution in [2.45, 2.75) is 9.79 Å². The molecule has 0 radical (unpaired) electrons. The first-order valence-corrected chi connectivity index (χ1v) is 17.9. The molecule has 5 heterocycles. The Morgan fingerprint density at radius 3 is 1.56 bits per heavy atom. The van der Waals surface area contributed by atoms with E-state index in [-0.39, 0.29) is 6.71 Å². The normalized spacial score (nSPS) is 16.2. The average Bonchev–Trinajstić information content (AvgIpc) is 3.21. The van der Waals surface area contributed by atoms with Crippen molar-refractivity contribution in [3.05, 3.63) is 168 Å². The minimum Gasteiger partial charge on any atom is -0.311 e. The smallest absolute Gasteiger partial charge is 0.249 e. The van der Waals surface area contributed by atoms with Gasteiger partial charge in [0.05, 0.1) is 0 Å². The molecule has 0 fully saturated rings. The lowest BCUT2D eigenvalue weighted by molar-refractivity contribution is 0.828. The zero-order valence-electron chi connectivity index (χ0n) is 27.5. The summed E-state index contributed by atoms with van der Waals surface area (Å²) >= 11 is 1.80. The van der Waals surface area contributed by atoms with Crippen LogP contribution in [0.1, 0.15) is 16.7 Å². The summed E-state index contributed by atoms with van der Waals surface area (Å²) in [5.74, 6) is 2.88. The van der Waals surface area contributed by atoms with Crippen LogP contribution in [0.3, 0.4) is 0 Å². The molecule has 6 aromatic rings. The quantitative estimate of drug-likeness (QED) is 0.199. The maximum Gasteiger partial charge on any atom is 0.249 e. The van der Waals surface area contributed by atoms with E-state index in [1.54, 1.807) is 16.7 Å². The molecule has 0 N–H and O–H groups in total. The molecule has 0 saturated carbocycles. The van der Waals surface area contributed by atoms with E-state index in [1.165, 1.54) is 26.2 Å². The van der Waals surface area contributed by atoms with Crippen LogP contribution >= 0.6 is 11.8 Å². The summed E-state index contributed by atoms with van der Waals surface area (Å²) in [7, 11) is 0. The highest BCUT2D eigenvalue weighted by atomic mass is 32.2. The molecule has 0 amide bonds. The molecule has 0 unspecified atom stereocenters. The van der Waals surface area contributed by atoms with Crippen LogP contribution in [0.2, 0.25) is 0 Å². The molecule has 0 atom stereocenters. The first kappa shape index (κ1) is 29.1. The van der Waals surface area contributed by atoms with Gasteiger partial charge in [0.15, 0.2) is 17.5 Å². The highest BCUT2D eigenvalue weighted by Gasteiger charge is 2.42. The summed E-state index contributed by atoms with van der Waals surface area (Å²) in [4.78, 5) is 36.5. The van der Waals surface area contributed by atoms with Gasteiger partial charge in [-0.25, -0.2) is 4.90 Å². The maximum absolute atomic E-state index is 5.12. The van der Waals surface area contributed by atoms with E-state index < -0.39 is 0 Å². The van der Waals surface area contributed by atoms with Crippen LogP contribution in [-0.2, 0) is 0 Å². The number of fused-ring (bicyclic) bond motifs is 4. The predicted molar refractivity (Wildman–Crippen MR) is 213 cm³/mol. The second kappa shape index (κ2) is 11.4. The molecule has 52 heavy (non-hydrogen) atoms. The third-order valence-corrected chi connectivity index (χ3v) is 10.9. The highest BCUT2D eigenvalue weighted by molar-refractivity contribution is 8.00. The average molecular weight is 685 g/mol. The topological polar surface area (TPSA) is 80.6 Å². The number of rotatable bonds is 4. The van der Waals surface area contributed by atoms with Gasteiger partial charge in [0.2, 0.25) is 24.6 Å². The van der Waals surface area contributed by atoms with Crippen molar-refractivity contribution in [1.82, 2.24) is 4.90 Å². The van der Waals surface area contributed by atoms with Crippen molar-refractivity contribution in [2.75, 3.05) is 4.90 Å². The summed E-state index contributed by atoms with van der Waals surface area (Å²) in [5, 5.41) is 0. The van der Waals surface area contributed by atoms with E-state index in [0.717, 1.165) is 33.8 Å². The summed E-state index contributed by atoms with van der Waals surface area (Å²) in [5.41, 5.74) is 9.86. The molecule has 10 heteroatoms. The minimum absolute atomic E-state index is 0.0882. The molecule has 8 nitrogen and oxygen atoms in total. The Labute approximate surface area is 304 Å². The van der Waals surface area contributed by atoms with Crippen LogP contribution < -0.4 is 21.3 Å². The van der Waals surface area contributed by atoms with E-state index in [2.05, 4.69) is 95.9 Å². The number of hydrogen-bond acceptors (Lipinski definition) is 9. The summed E-state index contributed by atoms with van der Waals surface area (Å²) in [6.45, 7) is 0.0882. The third kappa shape index (κ3) is 4.51. The second-order valence-corrected chi connectivity index (χ2v) is 13.9. The maximum atomic E-state index is 5.12. The van der Waals surface area contributed by atoms with Gasteiger partial charge in [-0.05, 0) is 47.3 Å². The summed E-state index contributed by atoms with van der Waals surface area (Å²) in [6, 6.07) is 52.4. The van der Waals surface area contributed by atoms with Gasteiger partial charge in [0, 0.05) is 43.5 Å². The van der Waals surface area contributed by atoms with E-state index in [4.69, 9.17) is 30.0 Å². The monoisotopic (exact) mass is 684 g/mol.